The van der Waals surface area contributed by atoms with Crippen LogP contribution in [0.15, 0.2) is 24.3 Å². The van der Waals surface area contributed by atoms with Crippen molar-refractivity contribution in [2.75, 3.05) is 12.4 Å². The van der Waals surface area contributed by atoms with Crippen LogP contribution in [0.3, 0.4) is 0 Å². The first-order chi connectivity index (χ1) is 8.69. The van der Waals surface area contributed by atoms with Gasteiger partial charge in [0.1, 0.15) is 0 Å². The molecule has 0 spiro atoms. The monoisotopic (exact) mass is 247 g/mol. The molecule has 2 rings (SSSR count). The van der Waals surface area contributed by atoms with Crippen LogP contribution >= 0.6 is 0 Å². The first-order valence-electron chi connectivity index (χ1n) is 6.53. The lowest BCUT2D eigenvalue weighted by molar-refractivity contribution is 0.0963. The third-order valence-electron chi connectivity index (χ3n) is 3.46. The molecule has 18 heavy (non-hydrogen) atoms. The average molecular weight is 247 g/mol. The molecule has 1 amide bonds. The summed E-state index contributed by atoms with van der Waals surface area (Å²) in [5, 5.41) is 6.10. The standard InChI is InChI=1S/C14H21N3O/c1-16-14(18)10-5-7-12(8-6-10)17-13-4-2-3-11(15)9-13/h5-8,11,13,17H,2-4,9,15H2,1H3,(H,16,18). The van der Waals surface area contributed by atoms with Gasteiger partial charge in [-0.2, -0.15) is 0 Å². The number of hydrogen-bond acceptors (Lipinski definition) is 3. The van der Waals surface area contributed by atoms with Gasteiger partial charge in [0.15, 0.2) is 0 Å². The zero-order valence-corrected chi connectivity index (χ0v) is 10.8. The molecule has 0 radical (unpaired) electrons. The van der Waals surface area contributed by atoms with Gasteiger partial charge in [-0.25, -0.2) is 0 Å². The highest BCUT2D eigenvalue weighted by molar-refractivity contribution is 5.94. The molecule has 4 N–H and O–H groups in total. The van der Waals surface area contributed by atoms with Crippen molar-refractivity contribution in [1.82, 2.24) is 5.32 Å². The number of nitrogens with two attached hydrogens (primary N) is 1. The molecule has 1 aromatic rings. The second kappa shape index (κ2) is 5.87. The number of anilines is 1. The molecule has 0 saturated heterocycles. The number of rotatable bonds is 3. The topological polar surface area (TPSA) is 67.2 Å². The Morgan fingerprint density at radius 2 is 2.00 bits per heavy atom. The van der Waals surface area contributed by atoms with Gasteiger partial charge in [-0.05, 0) is 49.9 Å². The molecule has 1 fully saturated rings. The van der Waals surface area contributed by atoms with E-state index >= 15 is 0 Å². The predicted molar refractivity (Wildman–Crippen MR) is 73.7 cm³/mol. The molecule has 1 aliphatic rings. The molecule has 2 atom stereocenters. The van der Waals surface area contributed by atoms with Gasteiger partial charge in [-0.15, -0.1) is 0 Å². The Bertz CT molecular complexity index is 402. The van der Waals surface area contributed by atoms with Crippen LogP contribution in [0.25, 0.3) is 0 Å². The van der Waals surface area contributed by atoms with E-state index < -0.39 is 0 Å². The van der Waals surface area contributed by atoms with Crippen molar-refractivity contribution in [3.63, 3.8) is 0 Å². The summed E-state index contributed by atoms with van der Waals surface area (Å²) in [5.74, 6) is -0.0544. The maximum absolute atomic E-state index is 11.4. The Labute approximate surface area is 108 Å². The van der Waals surface area contributed by atoms with Crippen molar-refractivity contribution in [3.8, 4) is 0 Å². The Morgan fingerprint density at radius 3 is 2.61 bits per heavy atom. The van der Waals surface area contributed by atoms with Crippen LogP contribution in [0, 0.1) is 0 Å². The second-order valence-electron chi connectivity index (χ2n) is 4.92. The molecule has 0 bridgehead atoms. The van der Waals surface area contributed by atoms with E-state index in [1.807, 2.05) is 24.3 Å². The minimum absolute atomic E-state index is 0.0544. The van der Waals surface area contributed by atoms with Crippen LogP contribution in [0.2, 0.25) is 0 Å². The molecule has 1 saturated carbocycles. The molecule has 0 heterocycles. The lowest BCUT2D eigenvalue weighted by Gasteiger charge is -2.28. The SMILES string of the molecule is CNC(=O)c1ccc(NC2CCCC(N)C2)cc1. The first kappa shape index (κ1) is 12.9. The van der Waals surface area contributed by atoms with E-state index in [1.165, 1.54) is 12.8 Å². The zero-order chi connectivity index (χ0) is 13.0. The minimum Gasteiger partial charge on any atom is -0.382 e. The molecule has 4 heteroatoms. The van der Waals surface area contributed by atoms with Gasteiger partial charge in [0.2, 0.25) is 0 Å². The van der Waals surface area contributed by atoms with Crippen molar-refractivity contribution in [2.24, 2.45) is 5.73 Å². The summed E-state index contributed by atoms with van der Waals surface area (Å²) in [4.78, 5) is 11.4. The highest BCUT2D eigenvalue weighted by atomic mass is 16.1. The Balaban J connectivity index is 1.95. The van der Waals surface area contributed by atoms with Crippen LogP contribution in [0.1, 0.15) is 36.0 Å². The fourth-order valence-corrected chi connectivity index (χ4v) is 2.46. The van der Waals surface area contributed by atoms with Crippen LogP contribution < -0.4 is 16.4 Å². The predicted octanol–water partition coefficient (Wildman–Crippen LogP) is 1.73. The molecule has 1 aliphatic carbocycles. The van der Waals surface area contributed by atoms with Gasteiger partial charge in [0.25, 0.3) is 5.91 Å². The van der Waals surface area contributed by atoms with E-state index in [0.29, 0.717) is 17.6 Å². The normalized spacial score (nSPS) is 23.4. The molecule has 0 aliphatic heterocycles. The van der Waals surface area contributed by atoms with E-state index in [1.54, 1.807) is 7.05 Å². The highest BCUT2D eigenvalue weighted by Gasteiger charge is 2.18. The van der Waals surface area contributed by atoms with Gasteiger partial charge in [-0.1, -0.05) is 0 Å². The smallest absolute Gasteiger partial charge is 0.251 e. The summed E-state index contributed by atoms with van der Waals surface area (Å²) in [7, 11) is 1.64. The first-order valence-corrected chi connectivity index (χ1v) is 6.53. The molecule has 0 aromatic heterocycles. The van der Waals surface area contributed by atoms with Crippen molar-refractivity contribution >= 4 is 11.6 Å². The molecular weight excluding hydrogens is 226 g/mol. The highest BCUT2D eigenvalue weighted by Crippen LogP contribution is 2.21. The van der Waals surface area contributed by atoms with E-state index in [4.69, 9.17) is 5.73 Å². The van der Waals surface area contributed by atoms with E-state index in [2.05, 4.69) is 10.6 Å². The molecular formula is C14H21N3O. The summed E-state index contributed by atoms with van der Waals surface area (Å²) in [6, 6.07) is 8.35. The zero-order valence-electron chi connectivity index (χ0n) is 10.8. The van der Waals surface area contributed by atoms with Crippen molar-refractivity contribution in [1.29, 1.82) is 0 Å². The molecule has 2 unspecified atom stereocenters. The number of carbonyl (C=O) groups excluding carboxylic acids is 1. The largest absolute Gasteiger partial charge is 0.382 e. The minimum atomic E-state index is -0.0544. The summed E-state index contributed by atoms with van der Waals surface area (Å²) < 4.78 is 0. The maximum Gasteiger partial charge on any atom is 0.251 e. The number of benzene rings is 1. The molecule has 4 nitrogen and oxygen atoms in total. The molecule has 98 valence electrons. The Morgan fingerprint density at radius 1 is 1.28 bits per heavy atom. The number of hydrogen-bond donors (Lipinski definition) is 3. The lowest BCUT2D eigenvalue weighted by atomic mass is 9.91. The van der Waals surface area contributed by atoms with Crippen LogP contribution in [-0.2, 0) is 0 Å². The summed E-state index contributed by atoms with van der Waals surface area (Å²) in [6.45, 7) is 0. The lowest BCUT2D eigenvalue weighted by Crippen LogP contribution is -2.34. The number of nitrogens with one attached hydrogen (secondary N) is 2. The van der Waals surface area contributed by atoms with Gasteiger partial charge in [0.05, 0.1) is 0 Å². The quantitative estimate of drug-likeness (QED) is 0.762. The van der Waals surface area contributed by atoms with E-state index in [-0.39, 0.29) is 5.91 Å². The number of amides is 1. The third kappa shape index (κ3) is 3.23. The van der Waals surface area contributed by atoms with Gasteiger partial charge in [-0.3, -0.25) is 4.79 Å². The molecule has 1 aromatic carbocycles. The Kier molecular flexibility index (Phi) is 4.20. The number of carbonyl (C=O) groups is 1. The van der Waals surface area contributed by atoms with Gasteiger partial charge < -0.3 is 16.4 Å². The van der Waals surface area contributed by atoms with Gasteiger partial charge in [0, 0.05) is 30.4 Å². The maximum atomic E-state index is 11.4. The van der Waals surface area contributed by atoms with Crippen molar-refractivity contribution in [3.05, 3.63) is 29.8 Å². The van der Waals surface area contributed by atoms with Crippen molar-refractivity contribution in [2.45, 2.75) is 37.8 Å². The van der Waals surface area contributed by atoms with E-state index in [0.717, 1.165) is 18.5 Å². The fourth-order valence-electron chi connectivity index (χ4n) is 2.46. The van der Waals surface area contributed by atoms with E-state index in [9.17, 15) is 4.79 Å². The van der Waals surface area contributed by atoms with Crippen LogP contribution in [0.5, 0.6) is 0 Å². The summed E-state index contributed by atoms with van der Waals surface area (Å²) in [6.07, 6.45) is 4.52. The van der Waals surface area contributed by atoms with Crippen LogP contribution in [-0.4, -0.2) is 25.0 Å². The Hall–Kier alpha value is -1.55. The summed E-state index contributed by atoms with van der Waals surface area (Å²) >= 11 is 0. The second-order valence-corrected chi connectivity index (χ2v) is 4.92. The van der Waals surface area contributed by atoms with Gasteiger partial charge >= 0.3 is 0 Å². The average Bonchev–Trinajstić information content (AvgIpc) is 2.39. The third-order valence-corrected chi connectivity index (χ3v) is 3.46. The summed E-state index contributed by atoms with van der Waals surface area (Å²) in [5.41, 5.74) is 7.71. The fraction of sp³-hybridized carbons (Fsp3) is 0.500. The van der Waals surface area contributed by atoms with Crippen molar-refractivity contribution < 1.29 is 4.79 Å². The van der Waals surface area contributed by atoms with Crippen LogP contribution in [0.4, 0.5) is 5.69 Å².